The Labute approximate surface area is 292 Å². The van der Waals surface area contributed by atoms with Crippen LogP contribution in [-0.2, 0) is 5.41 Å². The van der Waals surface area contributed by atoms with Crippen LogP contribution < -0.4 is 4.90 Å². The van der Waals surface area contributed by atoms with Gasteiger partial charge in [-0.2, -0.15) is 0 Å². The van der Waals surface area contributed by atoms with Crippen molar-refractivity contribution in [2.75, 3.05) is 4.90 Å². The SMILES string of the molecule is c1ccc(-c2nc(-c3ccccc3)nc(C3(c4ccc(N(c5ccccc5)c5ccccc5)cc4)c4ccccc4-c4ccccc43)n2)cc1. The van der Waals surface area contributed by atoms with Gasteiger partial charge in [0, 0.05) is 28.2 Å². The zero-order valence-electron chi connectivity index (χ0n) is 27.3. The Kier molecular flexibility index (Phi) is 7.33. The first-order valence-corrected chi connectivity index (χ1v) is 16.9. The van der Waals surface area contributed by atoms with Crippen LogP contribution in [0.2, 0.25) is 0 Å². The first-order valence-electron chi connectivity index (χ1n) is 16.9. The fourth-order valence-electron chi connectivity index (χ4n) is 7.35. The third kappa shape index (κ3) is 4.89. The Morgan fingerprint density at radius 1 is 0.340 bits per heavy atom. The first-order chi connectivity index (χ1) is 24.8. The van der Waals surface area contributed by atoms with E-state index in [1.807, 2.05) is 36.4 Å². The van der Waals surface area contributed by atoms with E-state index in [1.165, 1.54) is 11.1 Å². The van der Waals surface area contributed by atoms with Gasteiger partial charge in [-0.3, -0.25) is 0 Å². The monoisotopic (exact) mass is 640 g/mol. The number of aromatic nitrogens is 3. The minimum absolute atomic E-state index is 0.645. The number of hydrogen-bond donors (Lipinski definition) is 0. The summed E-state index contributed by atoms with van der Waals surface area (Å²) in [5.41, 5.74) is 10.1. The van der Waals surface area contributed by atoms with Gasteiger partial charge in [0.25, 0.3) is 0 Å². The van der Waals surface area contributed by atoms with Crippen LogP contribution in [0.1, 0.15) is 22.5 Å². The molecule has 1 aliphatic carbocycles. The van der Waals surface area contributed by atoms with Gasteiger partial charge >= 0.3 is 0 Å². The normalized spacial score (nSPS) is 12.6. The summed E-state index contributed by atoms with van der Waals surface area (Å²) in [6, 6.07) is 67.7. The van der Waals surface area contributed by atoms with Crippen molar-refractivity contribution in [2.45, 2.75) is 5.41 Å². The Morgan fingerprint density at radius 2 is 0.720 bits per heavy atom. The van der Waals surface area contributed by atoms with Crippen LogP contribution in [-0.4, -0.2) is 15.0 Å². The van der Waals surface area contributed by atoms with Crippen molar-refractivity contribution in [3.63, 3.8) is 0 Å². The second-order valence-electron chi connectivity index (χ2n) is 12.4. The zero-order valence-corrected chi connectivity index (χ0v) is 27.3. The van der Waals surface area contributed by atoms with E-state index in [1.54, 1.807) is 0 Å². The van der Waals surface area contributed by atoms with Crippen LogP contribution in [0, 0.1) is 0 Å². The van der Waals surface area contributed by atoms with E-state index < -0.39 is 5.41 Å². The molecule has 1 heterocycles. The highest BCUT2D eigenvalue weighted by molar-refractivity contribution is 5.86. The summed E-state index contributed by atoms with van der Waals surface area (Å²) in [5.74, 6) is 1.98. The molecule has 0 saturated carbocycles. The number of fused-ring (bicyclic) bond motifs is 3. The predicted molar refractivity (Wildman–Crippen MR) is 203 cm³/mol. The standard InChI is InChI=1S/C46H32N4/c1-5-17-33(18-6-1)43-47-44(34-19-7-2-8-20-34)49-45(48-43)46(41-27-15-13-25-39(41)40-26-14-16-28-42(40)46)35-29-31-38(32-30-35)50(36-21-9-3-10-22-36)37-23-11-4-12-24-37/h1-32H. The minimum atomic E-state index is -0.800. The highest BCUT2D eigenvalue weighted by Gasteiger charge is 2.48. The number of benzene rings is 7. The van der Waals surface area contributed by atoms with Gasteiger partial charge in [-0.15, -0.1) is 0 Å². The number of para-hydroxylation sites is 2. The molecule has 0 N–H and O–H groups in total. The van der Waals surface area contributed by atoms with Crippen molar-refractivity contribution in [1.29, 1.82) is 0 Å². The van der Waals surface area contributed by atoms with Crippen LogP contribution >= 0.6 is 0 Å². The third-order valence-electron chi connectivity index (χ3n) is 9.57. The van der Waals surface area contributed by atoms with Crippen molar-refractivity contribution in [3.05, 3.63) is 217 Å². The summed E-state index contributed by atoms with van der Waals surface area (Å²) in [5, 5.41) is 0. The lowest BCUT2D eigenvalue weighted by molar-refractivity contribution is 0.692. The summed E-state index contributed by atoms with van der Waals surface area (Å²) in [7, 11) is 0. The van der Waals surface area contributed by atoms with Crippen molar-refractivity contribution in [2.24, 2.45) is 0 Å². The highest BCUT2D eigenvalue weighted by Crippen LogP contribution is 2.55. The number of hydrogen-bond acceptors (Lipinski definition) is 4. The van der Waals surface area contributed by atoms with Gasteiger partial charge in [0.05, 0.1) is 0 Å². The minimum Gasteiger partial charge on any atom is -0.311 e. The van der Waals surface area contributed by atoms with E-state index in [0.29, 0.717) is 17.5 Å². The lowest BCUT2D eigenvalue weighted by atomic mass is 9.71. The Bertz CT molecular complexity index is 2270. The second kappa shape index (κ2) is 12.4. The fraction of sp³-hybridized carbons (Fsp3) is 0.0217. The van der Waals surface area contributed by atoms with E-state index in [-0.39, 0.29) is 0 Å². The van der Waals surface area contributed by atoms with Gasteiger partial charge in [0.15, 0.2) is 17.5 Å². The molecule has 7 aromatic carbocycles. The molecule has 0 unspecified atom stereocenters. The Morgan fingerprint density at radius 3 is 1.18 bits per heavy atom. The van der Waals surface area contributed by atoms with E-state index >= 15 is 0 Å². The molecule has 4 nitrogen and oxygen atoms in total. The molecular formula is C46H32N4. The van der Waals surface area contributed by atoms with Gasteiger partial charge in [-0.1, -0.05) is 158 Å². The first kappa shape index (κ1) is 29.5. The quantitative estimate of drug-likeness (QED) is 0.174. The second-order valence-corrected chi connectivity index (χ2v) is 12.4. The van der Waals surface area contributed by atoms with E-state index in [9.17, 15) is 0 Å². The fourth-order valence-corrected chi connectivity index (χ4v) is 7.35. The zero-order chi connectivity index (χ0) is 33.3. The molecule has 0 spiro atoms. The molecule has 0 aliphatic heterocycles. The van der Waals surface area contributed by atoms with Crippen molar-refractivity contribution >= 4 is 17.1 Å². The average Bonchev–Trinajstić information content (AvgIpc) is 3.51. The van der Waals surface area contributed by atoms with E-state index in [4.69, 9.17) is 15.0 Å². The molecule has 9 rings (SSSR count). The summed E-state index contributed by atoms with van der Waals surface area (Å²) in [4.78, 5) is 18.1. The maximum Gasteiger partial charge on any atom is 0.163 e. The molecule has 0 bridgehead atoms. The highest BCUT2D eigenvalue weighted by atomic mass is 15.1. The van der Waals surface area contributed by atoms with Gasteiger partial charge in [-0.05, 0) is 64.2 Å². The van der Waals surface area contributed by atoms with Crippen LogP contribution in [0.4, 0.5) is 17.1 Å². The van der Waals surface area contributed by atoms with E-state index in [2.05, 4.69) is 163 Å². The molecule has 8 aromatic rings. The summed E-state index contributed by atoms with van der Waals surface area (Å²) < 4.78 is 0. The molecule has 0 saturated heterocycles. The van der Waals surface area contributed by atoms with Gasteiger partial charge < -0.3 is 4.90 Å². The topological polar surface area (TPSA) is 41.9 Å². The molecule has 0 atom stereocenters. The molecule has 0 radical (unpaired) electrons. The van der Waals surface area contributed by atoms with Gasteiger partial charge in [0.1, 0.15) is 5.41 Å². The van der Waals surface area contributed by atoms with Crippen molar-refractivity contribution in [1.82, 2.24) is 15.0 Å². The maximum atomic E-state index is 5.38. The molecule has 236 valence electrons. The molecule has 4 heteroatoms. The van der Waals surface area contributed by atoms with Crippen LogP contribution in [0.3, 0.4) is 0 Å². The van der Waals surface area contributed by atoms with Crippen LogP contribution in [0.25, 0.3) is 33.9 Å². The van der Waals surface area contributed by atoms with Crippen LogP contribution in [0.5, 0.6) is 0 Å². The summed E-state index contributed by atoms with van der Waals surface area (Å²) >= 11 is 0. The Hall–Kier alpha value is -6.65. The molecule has 0 fully saturated rings. The number of rotatable bonds is 7. The third-order valence-corrected chi connectivity index (χ3v) is 9.57. The summed E-state index contributed by atoms with van der Waals surface area (Å²) in [6.45, 7) is 0. The number of anilines is 3. The molecule has 50 heavy (non-hydrogen) atoms. The van der Waals surface area contributed by atoms with Crippen molar-refractivity contribution in [3.8, 4) is 33.9 Å². The summed E-state index contributed by atoms with van der Waals surface area (Å²) in [6.07, 6.45) is 0. The smallest absolute Gasteiger partial charge is 0.163 e. The number of nitrogens with zero attached hydrogens (tertiary/aromatic N) is 4. The molecular weight excluding hydrogens is 609 g/mol. The molecule has 0 amide bonds. The van der Waals surface area contributed by atoms with Gasteiger partial charge in [0.2, 0.25) is 0 Å². The predicted octanol–water partition coefficient (Wildman–Crippen LogP) is 11.0. The molecule has 1 aliphatic rings. The van der Waals surface area contributed by atoms with Crippen molar-refractivity contribution < 1.29 is 0 Å². The van der Waals surface area contributed by atoms with Crippen LogP contribution in [0.15, 0.2) is 194 Å². The average molecular weight is 641 g/mol. The van der Waals surface area contributed by atoms with E-state index in [0.717, 1.165) is 44.9 Å². The largest absolute Gasteiger partial charge is 0.311 e. The lowest BCUT2D eigenvalue weighted by Gasteiger charge is -2.33. The molecule has 1 aromatic heterocycles. The van der Waals surface area contributed by atoms with Gasteiger partial charge in [-0.25, -0.2) is 15.0 Å². The maximum absolute atomic E-state index is 5.38. The Balaban J connectivity index is 1.31. The lowest BCUT2D eigenvalue weighted by Crippen LogP contribution is -2.32.